The molecule has 3 rings (SSSR count). The van der Waals surface area contributed by atoms with Gasteiger partial charge in [-0.05, 0) is 55.1 Å². The first-order chi connectivity index (χ1) is 8.92. The summed E-state index contributed by atoms with van der Waals surface area (Å²) in [5.74, 6) is 2.00. The summed E-state index contributed by atoms with van der Waals surface area (Å²) in [6.45, 7) is 9.69. The lowest BCUT2D eigenvalue weighted by atomic mass is 9.68. The molecule has 4 atom stereocenters. The molecule has 1 N–H and O–H groups in total. The molecule has 2 heteroatoms. The molecule has 2 saturated carbocycles. The molecule has 106 valence electrons. The molecule has 2 unspecified atom stereocenters. The summed E-state index contributed by atoms with van der Waals surface area (Å²) >= 11 is 0. The maximum absolute atomic E-state index is 5.47. The van der Waals surface area contributed by atoms with Gasteiger partial charge in [-0.2, -0.15) is 0 Å². The smallest absolute Gasteiger partial charge is 0.105 e. The van der Waals surface area contributed by atoms with Gasteiger partial charge in [0.25, 0.3) is 0 Å². The number of hydrogen-bond donors (Lipinski definition) is 1. The summed E-state index contributed by atoms with van der Waals surface area (Å²) < 4.78 is 5.47. The fourth-order valence-corrected chi connectivity index (χ4v) is 4.79. The molecule has 2 nitrogen and oxygen atoms in total. The summed E-state index contributed by atoms with van der Waals surface area (Å²) in [7, 11) is 0. The minimum atomic E-state index is 0.435. The van der Waals surface area contributed by atoms with Crippen LogP contribution in [0.15, 0.2) is 22.8 Å². The van der Waals surface area contributed by atoms with Crippen LogP contribution in [0.2, 0.25) is 0 Å². The van der Waals surface area contributed by atoms with Gasteiger partial charge in [-0.25, -0.2) is 0 Å². The lowest BCUT2D eigenvalue weighted by Gasteiger charge is -2.44. The van der Waals surface area contributed by atoms with Crippen LogP contribution in [0.5, 0.6) is 0 Å². The van der Waals surface area contributed by atoms with Crippen LogP contribution < -0.4 is 5.32 Å². The van der Waals surface area contributed by atoms with Crippen molar-refractivity contribution in [3.8, 4) is 0 Å². The van der Waals surface area contributed by atoms with Crippen molar-refractivity contribution in [2.24, 2.45) is 16.7 Å². The van der Waals surface area contributed by atoms with E-state index in [0.29, 0.717) is 22.9 Å². The number of fused-ring (bicyclic) bond motifs is 2. The van der Waals surface area contributed by atoms with Crippen molar-refractivity contribution >= 4 is 0 Å². The van der Waals surface area contributed by atoms with E-state index in [1.54, 1.807) is 6.26 Å². The van der Waals surface area contributed by atoms with Crippen molar-refractivity contribution in [3.05, 3.63) is 24.2 Å². The molecule has 0 spiro atoms. The third kappa shape index (κ3) is 2.14. The number of furan rings is 1. The molecule has 1 aromatic rings. The molecule has 1 aromatic heterocycles. The molecule has 2 aliphatic rings. The highest BCUT2D eigenvalue weighted by atomic mass is 16.3. The van der Waals surface area contributed by atoms with Crippen LogP contribution in [0.3, 0.4) is 0 Å². The Morgan fingerprint density at radius 2 is 2.21 bits per heavy atom. The zero-order valence-electron chi connectivity index (χ0n) is 12.7. The van der Waals surface area contributed by atoms with E-state index in [2.05, 4.69) is 39.1 Å². The Morgan fingerprint density at radius 1 is 1.42 bits per heavy atom. The van der Waals surface area contributed by atoms with Crippen LogP contribution in [0.25, 0.3) is 0 Å². The fourth-order valence-electron chi connectivity index (χ4n) is 4.79. The van der Waals surface area contributed by atoms with E-state index in [4.69, 9.17) is 4.42 Å². The van der Waals surface area contributed by atoms with E-state index < -0.39 is 0 Å². The van der Waals surface area contributed by atoms with Gasteiger partial charge in [-0.15, -0.1) is 0 Å². The lowest BCUT2D eigenvalue weighted by Crippen LogP contribution is -2.53. The van der Waals surface area contributed by atoms with E-state index >= 15 is 0 Å². The highest BCUT2D eigenvalue weighted by Crippen LogP contribution is 2.62. The molecular weight excluding hydrogens is 234 g/mol. The van der Waals surface area contributed by atoms with E-state index in [1.807, 2.05) is 6.07 Å². The summed E-state index contributed by atoms with van der Waals surface area (Å²) in [5, 5.41) is 3.92. The van der Waals surface area contributed by atoms with Crippen molar-refractivity contribution < 1.29 is 4.42 Å². The molecule has 0 aromatic carbocycles. The number of rotatable bonds is 4. The zero-order chi connectivity index (χ0) is 13.7. The van der Waals surface area contributed by atoms with E-state index in [1.165, 1.54) is 19.3 Å². The summed E-state index contributed by atoms with van der Waals surface area (Å²) in [6.07, 6.45) is 6.98. The maximum Gasteiger partial charge on any atom is 0.105 e. The Kier molecular flexibility index (Phi) is 3.05. The highest BCUT2D eigenvalue weighted by Gasteiger charge is 2.59. The molecule has 2 bridgehead atoms. The van der Waals surface area contributed by atoms with Crippen LogP contribution in [0.1, 0.15) is 52.7 Å². The monoisotopic (exact) mass is 261 g/mol. The first-order valence-corrected chi connectivity index (χ1v) is 7.70. The van der Waals surface area contributed by atoms with E-state index in [0.717, 1.165) is 18.1 Å². The number of hydrogen-bond acceptors (Lipinski definition) is 2. The third-order valence-corrected chi connectivity index (χ3v) is 5.81. The third-order valence-electron chi connectivity index (χ3n) is 5.81. The van der Waals surface area contributed by atoms with Gasteiger partial charge in [-0.1, -0.05) is 20.8 Å². The minimum Gasteiger partial charge on any atom is -0.469 e. The van der Waals surface area contributed by atoms with E-state index in [9.17, 15) is 0 Å². The summed E-state index contributed by atoms with van der Waals surface area (Å²) in [5.41, 5.74) is 0.940. The summed E-state index contributed by atoms with van der Waals surface area (Å²) in [6, 6.07) is 5.17. The molecule has 1 heterocycles. The second kappa shape index (κ2) is 4.37. The van der Waals surface area contributed by atoms with Gasteiger partial charge < -0.3 is 9.73 Å². The van der Waals surface area contributed by atoms with Gasteiger partial charge >= 0.3 is 0 Å². The molecule has 0 aliphatic heterocycles. The van der Waals surface area contributed by atoms with Gasteiger partial charge in [-0.3, -0.25) is 0 Å². The molecule has 2 aliphatic carbocycles. The average Bonchev–Trinajstić information content (AvgIpc) is 2.98. The van der Waals surface area contributed by atoms with Crippen molar-refractivity contribution in [1.82, 2.24) is 5.32 Å². The van der Waals surface area contributed by atoms with E-state index in [-0.39, 0.29) is 0 Å². The van der Waals surface area contributed by atoms with Crippen LogP contribution in [-0.2, 0) is 6.42 Å². The van der Waals surface area contributed by atoms with Gasteiger partial charge in [0, 0.05) is 18.5 Å². The van der Waals surface area contributed by atoms with Crippen LogP contribution in [0.4, 0.5) is 0 Å². The lowest BCUT2D eigenvalue weighted by molar-refractivity contribution is 0.0995. The Hall–Kier alpha value is -0.760. The molecule has 19 heavy (non-hydrogen) atoms. The average molecular weight is 261 g/mol. The minimum absolute atomic E-state index is 0.435. The van der Waals surface area contributed by atoms with Crippen LogP contribution in [-0.4, -0.2) is 12.1 Å². The topological polar surface area (TPSA) is 25.2 Å². The Bertz CT molecular complexity index is 431. The second-order valence-electron chi connectivity index (χ2n) is 7.70. The molecule has 0 saturated heterocycles. The van der Waals surface area contributed by atoms with Crippen molar-refractivity contribution in [2.45, 2.75) is 65.5 Å². The summed E-state index contributed by atoms with van der Waals surface area (Å²) in [4.78, 5) is 0. The van der Waals surface area contributed by atoms with Crippen molar-refractivity contribution in [3.63, 3.8) is 0 Å². The molecule has 2 fully saturated rings. The maximum atomic E-state index is 5.47. The van der Waals surface area contributed by atoms with Gasteiger partial charge in [0.15, 0.2) is 0 Å². The van der Waals surface area contributed by atoms with Crippen molar-refractivity contribution in [2.75, 3.05) is 0 Å². The highest BCUT2D eigenvalue weighted by molar-refractivity contribution is 5.13. The standard InChI is InChI=1S/C17H27NO/c1-12(10-14-6-5-9-19-14)18-15-16(2,3)13-7-8-17(15,4)11-13/h5-6,9,12-13,15,18H,7-8,10-11H2,1-4H3/t12?,13-,15?,17+/m0/s1. The quantitative estimate of drug-likeness (QED) is 0.885. The Balaban J connectivity index is 1.69. The number of nitrogens with one attached hydrogen (secondary N) is 1. The predicted molar refractivity (Wildman–Crippen MR) is 78.0 cm³/mol. The van der Waals surface area contributed by atoms with Crippen LogP contribution >= 0.6 is 0 Å². The van der Waals surface area contributed by atoms with Crippen LogP contribution in [0, 0.1) is 16.7 Å². The first-order valence-electron chi connectivity index (χ1n) is 7.70. The normalized spacial score (nSPS) is 37.7. The van der Waals surface area contributed by atoms with Gasteiger partial charge in [0.1, 0.15) is 5.76 Å². The van der Waals surface area contributed by atoms with Gasteiger partial charge in [0.05, 0.1) is 6.26 Å². The molecule has 0 amide bonds. The Labute approximate surface area is 117 Å². The SMILES string of the molecule is CC(Cc1ccco1)NC1C(C)(C)[C@H]2CC[C@]1(C)C2. The second-order valence-corrected chi connectivity index (χ2v) is 7.70. The predicted octanol–water partition coefficient (Wildman–Crippen LogP) is 4.02. The Morgan fingerprint density at radius 3 is 2.79 bits per heavy atom. The fraction of sp³-hybridized carbons (Fsp3) is 0.765. The molecular formula is C17H27NO. The van der Waals surface area contributed by atoms with Gasteiger partial charge in [0.2, 0.25) is 0 Å². The van der Waals surface area contributed by atoms with Crippen molar-refractivity contribution in [1.29, 1.82) is 0 Å². The largest absolute Gasteiger partial charge is 0.469 e. The molecule has 0 radical (unpaired) electrons. The first kappa shape index (κ1) is 13.2. The zero-order valence-corrected chi connectivity index (χ0v) is 12.7.